The van der Waals surface area contributed by atoms with E-state index in [9.17, 15) is 23.1 Å². The van der Waals surface area contributed by atoms with Crippen LogP contribution in [-0.2, 0) is 6.42 Å². The van der Waals surface area contributed by atoms with E-state index in [1.807, 2.05) is 11.4 Å². The highest BCUT2D eigenvalue weighted by molar-refractivity contribution is 7.10. The van der Waals surface area contributed by atoms with Gasteiger partial charge in [-0.1, -0.05) is 0 Å². The van der Waals surface area contributed by atoms with E-state index in [2.05, 4.69) is 5.32 Å². The van der Waals surface area contributed by atoms with Crippen LogP contribution >= 0.6 is 11.3 Å². The number of likely N-dealkylation sites (tertiary alicyclic amines) is 1. The summed E-state index contributed by atoms with van der Waals surface area (Å²) in [4.78, 5) is 15.1. The van der Waals surface area contributed by atoms with Gasteiger partial charge in [0.05, 0.1) is 6.04 Å². The van der Waals surface area contributed by atoms with Crippen molar-refractivity contribution in [2.24, 2.45) is 0 Å². The fourth-order valence-corrected chi connectivity index (χ4v) is 4.47. The Kier molecular flexibility index (Phi) is 4.79. The largest absolute Gasteiger partial charge is 0.417 e. The molecule has 0 aromatic carbocycles. The molecule has 2 atom stereocenters. The Balaban J connectivity index is 1.63. The second-order valence-corrected chi connectivity index (χ2v) is 7.56. The van der Waals surface area contributed by atoms with Crippen LogP contribution in [0, 0.1) is 0 Å². The highest BCUT2D eigenvalue weighted by Gasteiger charge is 2.53. The van der Waals surface area contributed by atoms with Gasteiger partial charge in [0.2, 0.25) is 0 Å². The zero-order valence-electron chi connectivity index (χ0n) is 13.2. The Labute approximate surface area is 142 Å². The van der Waals surface area contributed by atoms with Crippen molar-refractivity contribution in [3.63, 3.8) is 0 Å². The van der Waals surface area contributed by atoms with E-state index in [0.29, 0.717) is 0 Å². The van der Waals surface area contributed by atoms with Crippen molar-refractivity contribution in [2.75, 3.05) is 13.1 Å². The summed E-state index contributed by atoms with van der Waals surface area (Å²) in [6, 6.07) is 1.59. The molecule has 1 aliphatic carbocycles. The first-order valence-corrected chi connectivity index (χ1v) is 9.09. The summed E-state index contributed by atoms with van der Waals surface area (Å²) in [7, 11) is 0. The molecule has 24 heavy (non-hydrogen) atoms. The van der Waals surface area contributed by atoms with Crippen LogP contribution in [0.1, 0.15) is 48.6 Å². The number of nitrogens with one attached hydrogen (secondary N) is 1. The van der Waals surface area contributed by atoms with E-state index in [1.54, 1.807) is 11.3 Å². The molecular formula is C16H21F3N2O2S. The number of thiophene rings is 1. The minimum atomic E-state index is -4.66. The summed E-state index contributed by atoms with van der Waals surface area (Å²) in [5, 5.41) is 14.8. The Bertz CT molecular complexity index is 604. The molecule has 134 valence electrons. The van der Waals surface area contributed by atoms with Gasteiger partial charge in [-0.3, -0.25) is 0 Å². The number of fused-ring (bicyclic) bond motifs is 1. The minimum absolute atomic E-state index is 0.0720. The third-order valence-electron chi connectivity index (χ3n) is 4.98. The molecule has 0 spiro atoms. The van der Waals surface area contributed by atoms with Crippen molar-refractivity contribution < 1.29 is 23.1 Å². The molecule has 4 nitrogen and oxygen atoms in total. The predicted molar refractivity (Wildman–Crippen MR) is 85.0 cm³/mol. The second-order valence-electron chi connectivity index (χ2n) is 6.56. The quantitative estimate of drug-likeness (QED) is 0.802. The zero-order chi connectivity index (χ0) is 17.4. The lowest BCUT2D eigenvalue weighted by atomic mass is 9.94. The second kappa shape index (κ2) is 6.55. The van der Waals surface area contributed by atoms with Crippen molar-refractivity contribution in [1.29, 1.82) is 0 Å². The van der Waals surface area contributed by atoms with Gasteiger partial charge in [0.15, 0.2) is 5.60 Å². The molecule has 1 fully saturated rings. The van der Waals surface area contributed by atoms with Crippen LogP contribution in [0.25, 0.3) is 0 Å². The predicted octanol–water partition coefficient (Wildman–Crippen LogP) is 3.61. The van der Waals surface area contributed by atoms with Gasteiger partial charge >= 0.3 is 12.2 Å². The summed E-state index contributed by atoms with van der Waals surface area (Å²) in [6.07, 6.45) is -2.51. The van der Waals surface area contributed by atoms with E-state index in [4.69, 9.17) is 0 Å². The molecule has 1 saturated heterocycles. The van der Waals surface area contributed by atoms with Crippen LogP contribution < -0.4 is 5.32 Å². The van der Waals surface area contributed by atoms with Crippen molar-refractivity contribution in [3.05, 3.63) is 21.9 Å². The van der Waals surface area contributed by atoms with Crippen molar-refractivity contribution in [1.82, 2.24) is 10.2 Å². The Morgan fingerprint density at radius 3 is 2.88 bits per heavy atom. The van der Waals surface area contributed by atoms with E-state index >= 15 is 0 Å². The molecule has 0 bridgehead atoms. The van der Waals surface area contributed by atoms with Crippen LogP contribution in [-0.4, -0.2) is 40.9 Å². The summed E-state index contributed by atoms with van der Waals surface area (Å²) in [5.74, 6) is 0. The number of carbonyl (C=O) groups is 1. The van der Waals surface area contributed by atoms with E-state index < -0.39 is 18.2 Å². The molecule has 8 heteroatoms. The lowest BCUT2D eigenvalue weighted by Gasteiger charge is -2.30. The van der Waals surface area contributed by atoms with E-state index in [0.717, 1.165) is 24.8 Å². The molecule has 0 radical (unpaired) electrons. The fourth-order valence-electron chi connectivity index (χ4n) is 3.48. The molecule has 3 rings (SSSR count). The van der Waals surface area contributed by atoms with Crippen LogP contribution in [0.15, 0.2) is 11.4 Å². The normalized spacial score (nSPS) is 28.2. The van der Waals surface area contributed by atoms with Crippen LogP contribution in [0.4, 0.5) is 18.0 Å². The fraction of sp³-hybridized carbons (Fsp3) is 0.688. The van der Waals surface area contributed by atoms with Crippen molar-refractivity contribution in [3.8, 4) is 0 Å². The van der Waals surface area contributed by atoms with Crippen LogP contribution in [0.2, 0.25) is 0 Å². The van der Waals surface area contributed by atoms with Gasteiger partial charge in [0.1, 0.15) is 0 Å². The average molecular weight is 362 g/mol. The lowest BCUT2D eigenvalue weighted by Crippen LogP contribution is -2.47. The number of amides is 2. The van der Waals surface area contributed by atoms with Gasteiger partial charge in [-0.2, -0.15) is 13.2 Å². The number of alkyl halides is 3. The molecule has 2 aliphatic rings. The number of hydrogen-bond acceptors (Lipinski definition) is 3. The first-order chi connectivity index (χ1) is 11.3. The minimum Gasteiger partial charge on any atom is -0.380 e. The average Bonchev–Trinajstić information content (AvgIpc) is 2.89. The number of aryl methyl sites for hydroxylation is 1. The van der Waals surface area contributed by atoms with E-state index in [1.165, 1.54) is 9.78 Å². The molecule has 2 unspecified atom stereocenters. The van der Waals surface area contributed by atoms with E-state index in [-0.39, 0.29) is 38.0 Å². The molecular weight excluding hydrogens is 341 g/mol. The van der Waals surface area contributed by atoms with Crippen molar-refractivity contribution in [2.45, 2.75) is 56.3 Å². The van der Waals surface area contributed by atoms with Gasteiger partial charge in [0, 0.05) is 24.4 Å². The molecule has 2 amide bonds. The highest BCUT2D eigenvalue weighted by Crippen LogP contribution is 2.38. The number of halogens is 3. The lowest BCUT2D eigenvalue weighted by molar-refractivity contribution is -0.263. The molecule has 2 heterocycles. The van der Waals surface area contributed by atoms with Crippen LogP contribution in [0.3, 0.4) is 0 Å². The molecule has 1 aromatic rings. The first kappa shape index (κ1) is 17.5. The number of urea groups is 1. The monoisotopic (exact) mass is 362 g/mol. The standard InChI is InChI=1S/C16H21F3N2O2S/c17-16(18,19)15(23)6-2-8-21(9-7-15)14(22)20-12-3-1-4-13-11(12)5-10-24-13/h5,10,12,23H,1-4,6-9H2,(H,20,22). The number of nitrogens with zero attached hydrogens (tertiary/aromatic N) is 1. The Morgan fingerprint density at radius 1 is 1.33 bits per heavy atom. The summed E-state index contributed by atoms with van der Waals surface area (Å²) >= 11 is 1.67. The zero-order valence-corrected chi connectivity index (χ0v) is 14.1. The maximum atomic E-state index is 13.0. The number of hydrogen-bond donors (Lipinski definition) is 2. The molecule has 1 aliphatic heterocycles. The van der Waals surface area contributed by atoms with Crippen molar-refractivity contribution >= 4 is 17.4 Å². The molecule has 0 saturated carbocycles. The number of aliphatic hydroxyl groups is 1. The Morgan fingerprint density at radius 2 is 2.12 bits per heavy atom. The topological polar surface area (TPSA) is 52.6 Å². The third kappa shape index (κ3) is 3.39. The summed E-state index contributed by atoms with van der Waals surface area (Å²) in [6.45, 7) is 0.137. The molecule has 1 aromatic heterocycles. The Hall–Kier alpha value is -1.28. The maximum Gasteiger partial charge on any atom is 0.417 e. The highest BCUT2D eigenvalue weighted by atomic mass is 32.1. The smallest absolute Gasteiger partial charge is 0.380 e. The third-order valence-corrected chi connectivity index (χ3v) is 5.97. The van der Waals surface area contributed by atoms with Gasteiger partial charge in [-0.05, 0) is 49.1 Å². The molecule has 2 N–H and O–H groups in total. The SMILES string of the molecule is O=C(NC1CCCc2sccc21)N1CCCC(O)(C(F)(F)F)CC1. The number of carbonyl (C=O) groups excluding carboxylic acids is 1. The van der Waals surface area contributed by atoms with Gasteiger partial charge < -0.3 is 15.3 Å². The summed E-state index contributed by atoms with van der Waals surface area (Å²) in [5.41, 5.74) is -1.56. The summed E-state index contributed by atoms with van der Waals surface area (Å²) < 4.78 is 38.9. The maximum absolute atomic E-state index is 13.0. The van der Waals surface area contributed by atoms with Crippen LogP contribution in [0.5, 0.6) is 0 Å². The first-order valence-electron chi connectivity index (χ1n) is 8.21. The number of rotatable bonds is 1. The van der Waals surface area contributed by atoms with Gasteiger partial charge in [-0.25, -0.2) is 4.79 Å². The van der Waals surface area contributed by atoms with Gasteiger partial charge in [-0.15, -0.1) is 11.3 Å². The van der Waals surface area contributed by atoms with Gasteiger partial charge in [0.25, 0.3) is 0 Å².